The van der Waals surface area contributed by atoms with E-state index < -0.39 is 22.5 Å². The summed E-state index contributed by atoms with van der Waals surface area (Å²) in [4.78, 5) is 14.5. The summed E-state index contributed by atoms with van der Waals surface area (Å²) in [7, 11) is -0.389. The fraction of sp³-hybridized carbons (Fsp3) is 0.944. The summed E-state index contributed by atoms with van der Waals surface area (Å²) >= 11 is 0. The van der Waals surface area contributed by atoms with Gasteiger partial charge < -0.3 is 18.8 Å². The van der Waals surface area contributed by atoms with Crippen molar-refractivity contribution in [1.29, 1.82) is 0 Å². The van der Waals surface area contributed by atoms with E-state index in [0.717, 1.165) is 0 Å². The number of carbonyl (C=O) groups is 1. The first-order valence-electron chi connectivity index (χ1n) is 9.11. The summed E-state index contributed by atoms with van der Waals surface area (Å²) in [6, 6.07) is -0.181. The van der Waals surface area contributed by atoms with Crippen molar-refractivity contribution in [2.45, 2.75) is 110 Å². The quantitative estimate of drug-likeness (QED) is 0.705. The van der Waals surface area contributed by atoms with Gasteiger partial charge in [0.15, 0.2) is 0 Å². The van der Waals surface area contributed by atoms with Crippen molar-refractivity contribution in [2.24, 2.45) is 0 Å². The Morgan fingerprint density at radius 2 is 1.56 bits per heavy atom. The topological polar surface area (TPSA) is 57.2 Å². The fourth-order valence-corrected chi connectivity index (χ4v) is 3.42. The molecule has 2 heterocycles. The van der Waals surface area contributed by atoms with Crippen LogP contribution < -0.4 is 0 Å². The predicted molar refractivity (Wildman–Crippen MR) is 97.4 cm³/mol. The first-order valence-corrected chi connectivity index (χ1v) is 9.11. The SMILES string of the molecule is CC1OC(C)(C)N(C(=O)OC(C)(C)C)C1CB1OC(C)(C)C(C)(C)O1. The molecule has 0 N–H and O–H groups in total. The molecule has 0 radical (unpaired) electrons. The number of hydrogen-bond donors (Lipinski definition) is 0. The molecule has 0 aliphatic carbocycles. The lowest BCUT2D eigenvalue weighted by atomic mass is 9.78. The molecule has 2 aliphatic heterocycles. The molecule has 7 heteroatoms. The highest BCUT2D eigenvalue weighted by Gasteiger charge is 2.56. The molecule has 0 aromatic carbocycles. The molecule has 0 bridgehead atoms. The highest BCUT2D eigenvalue weighted by molar-refractivity contribution is 6.45. The molecule has 6 nitrogen and oxygen atoms in total. The minimum absolute atomic E-state index is 0.137. The number of rotatable bonds is 2. The Morgan fingerprint density at radius 1 is 1.08 bits per heavy atom. The van der Waals surface area contributed by atoms with Gasteiger partial charge in [-0.25, -0.2) is 4.79 Å². The molecule has 2 rings (SSSR count). The maximum atomic E-state index is 12.8. The lowest BCUT2D eigenvalue weighted by molar-refractivity contribution is -0.0754. The molecule has 2 atom stereocenters. The highest BCUT2D eigenvalue weighted by Crippen LogP contribution is 2.41. The summed E-state index contributed by atoms with van der Waals surface area (Å²) in [5, 5.41) is 0. The monoisotopic (exact) mass is 355 g/mol. The van der Waals surface area contributed by atoms with Gasteiger partial charge in [0.25, 0.3) is 0 Å². The molecule has 0 spiro atoms. The minimum atomic E-state index is -0.740. The zero-order valence-electron chi connectivity index (χ0n) is 17.4. The van der Waals surface area contributed by atoms with Gasteiger partial charge in [0.1, 0.15) is 11.3 Å². The first kappa shape index (κ1) is 20.5. The van der Waals surface area contributed by atoms with Gasteiger partial charge in [-0.05, 0) is 69.2 Å². The van der Waals surface area contributed by atoms with Gasteiger partial charge in [-0.15, -0.1) is 0 Å². The van der Waals surface area contributed by atoms with Crippen LogP contribution in [0.15, 0.2) is 0 Å². The van der Waals surface area contributed by atoms with Crippen molar-refractivity contribution in [3.63, 3.8) is 0 Å². The molecule has 2 aliphatic rings. The van der Waals surface area contributed by atoms with E-state index in [9.17, 15) is 4.79 Å². The van der Waals surface area contributed by atoms with Crippen molar-refractivity contribution in [3.05, 3.63) is 0 Å². The lowest BCUT2D eigenvalue weighted by Gasteiger charge is -2.35. The van der Waals surface area contributed by atoms with E-state index in [1.54, 1.807) is 4.90 Å². The van der Waals surface area contributed by atoms with E-state index in [1.807, 2.05) is 69.2 Å². The summed E-state index contributed by atoms with van der Waals surface area (Å²) in [5.41, 5.74) is -2.09. The summed E-state index contributed by atoms with van der Waals surface area (Å²) in [6.45, 7) is 19.4. The Balaban J connectivity index is 2.19. The van der Waals surface area contributed by atoms with Crippen LogP contribution in [0.1, 0.15) is 69.2 Å². The van der Waals surface area contributed by atoms with Crippen molar-refractivity contribution < 1.29 is 23.6 Å². The standard InChI is InChI=1S/C18H34BNO5/c1-12-13(11-19-24-16(5,6)17(7,8)25-19)20(18(9,10)22-12)14(21)23-15(2,3)4/h12-13H,11H2,1-10H3. The minimum Gasteiger partial charge on any atom is -0.444 e. The average Bonchev–Trinajstić information content (AvgIpc) is 2.66. The van der Waals surface area contributed by atoms with Gasteiger partial charge >= 0.3 is 13.2 Å². The van der Waals surface area contributed by atoms with Gasteiger partial charge in [-0.2, -0.15) is 0 Å². The molecule has 0 aromatic rings. The molecule has 0 aromatic heterocycles. The number of amides is 1. The summed E-state index contributed by atoms with van der Waals surface area (Å²) < 4.78 is 23.9. The van der Waals surface area contributed by atoms with E-state index in [1.165, 1.54) is 0 Å². The smallest absolute Gasteiger partial charge is 0.444 e. The van der Waals surface area contributed by atoms with E-state index in [4.69, 9.17) is 18.8 Å². The second-order valence-corrected chi connectivity index (χ2v) is 9.61. The Morgan fingerprint density at radius 3 is 2.00 bits per heavy atom. The van der Waals surface area contributed by atoms with Gasteiger partial charge in [0, 0.05) is 6.32 Å². The Labute approximate surface area is 152 Å². The molecule has 144 valence electrons. The molecule has 2 unspecified atom stereocenters. The van der Waals surface area contributed by atoms with Crippen LogP contribution in [0.25, 0.3) is 0 Å². The third-order valence-corrected chi connectivity index (χ3v) is 5.25. The lowest BCUT2D eigenvalue weighted by Crippen LogP contribution is -2.51. The summed E-state index contributed by atoms with van der Waals surface area (Å²) in [5.74, 6) is 0. The molecule has 25 heavy (non-hydrogen) atoms. The maximum Gasteiger partial charge on any atom is 0.460 e. The molecular weight excluding hydrogens is 321 g/mol. The fourth-order valence-electron chi connectivity index (χ4n) is 3.42. The Kier molecular flexibility index (Phi) is 5.04. The van der Waals surface area contributed by atoms with E-state index in [-0.39, 0.29) is 25.4 Å². The second kappa shape index (κ2) is 6.13. The molecule has 1 amide bonds. The molecule has 2 fully saturated rings. The summed E-state index contributed by atoms with van der Waals surface area (Å²) in [6.07, 6.45) is 0.0290. The second-order valence-electron chi connectivity index (χ2n) is 9.61. The van der Waals surface area contributed by atoms with Crippen LogP contribution in [0.4, 0.5) is 4.79 Å². The van der Waals surface area contributed by atoms with Crippen molar-refractivity contribution in [1.82, 2.24) is 4.90 Å². The van der Waals surface area contributed by atoms with Crippen LogP contribution in [0, 0.1) is 0 Å². The largest absolute Gasteiger partial charge is 0.460 e. The first-order chi connectivity index (χ1) is 11.1. The third kappa shape index (κ3) is 4.14. The van der Waals surface area contributed by atoms with Crippen LogP contribution in [0.5, 0.6) is 0 Å². The zero-order valence-corrected chi connectivity index (χ0v) is 17.4. The van der Waals surface area contributed by atoms with Crippen molar-refractivity contribution in [3.8, 4) is 0 Å². The Bertz CT molecular complexity index is 510. The van der Waals surface area contributed by atoms with Crippen LogP contribution in [0.3, 0.4) is 0 Å². The van der Waals surface area contributed by atoms with Crippen LogP contribution >= 0.6 is 0 Å². The maximum absolute atomic E-state index is 12.8. The number of hydrogen-bond acceptors (Lipinski definition) is 5. The van der Waals surface area contributed by atoms with Crippen LogP contribution in [-0.4, -0.2) is 52.8 Å². The van der Waals surface area contributed by atoms with Gasteiger partial charge in [-0.3, -0.25) is 4.90 Å². The number of nitrogens with zero attached hydrogens (tertiary/aromatic N) is 1. The normalized spacial score (nSPS) is 30.6. The number of carbonyl (C=O) groups excluding carboxylic acids is 1. The van der Waals surface area contributed by atoms with Crippen LogP contribution in [0.2, 0.25) is 6.32 Å². The zero-order chi connectivity index (χ0) is 19.4. The highest BCUT2D eigenvalue weighted by atomic mass is 16.7. The van der Waals surface area contributed by atoms with Gasteiger partial charge in [-0.1, -0.05) is 0 Å². The molecule has 2 saturated heterocycles. The van der Waals surface area contributed by atoms with E-state index >= 15 is 0 Å². The van der Waals surface area contributed by atoms with E-state index in [0.29, 0.717) is 6.32 Å². The van der Waals surface area contributed by atoms with Gasteiger partial charge in [0.2, 0.25) is 0 Å². The van der Waals surface area contributed by atoms with Crippen LogP contribution in [-0.2, 0) is 18.8 Å². The van der Waals surface area contributed by atoms with Gasteiger partial charge in [0.05, 0.1) is 23.3 Å². The predicted octanol–water partition coefficient (Wildman–Crippen LogP) is 3.84. The number of ether oxygens (including phenoxy) is 2. The molecular formula is C18H34BNO5. The molecule has 0 saturated carbocycles. The average molecular weight is 355 g/mol. The third-order valence-electron chi connectivity index (χ3n) is 5.25. The van der Waals surface area contributed by atoms with E-state index in [2.05, 4.69) is 0 Å². The van der Waals surface area contributed by atoms with Crippen molar-refractivity contribution >= 4 is 13.2 Å². The van der Waals surface area contributed by atoms with Crippen molar-refractivity contribution in [2.75, 3.05) is 0 Å². The Hall–Kier alpha value is -0.785.